The fourth-order valence-electron chi connectivity index (χ4n) is 5.16. The van der Waals surface area contributed by atoms with Gasteiger partial charge in [-0.25, -0.2) is 0 Å². The number of aliphatic hydroxyl groups is 2. The van der Waals surface area contributed by atoms with Gasteiger partial charge in [0, 0.05) is 0 Å². The maximum atomic E-state index is 12.5. The molecule has 1 amide bonds. The smallest absolute Gasteiger partial charge is 0.266 e. The van der Waals surface area contributed by atoms with Gasteiger partial charge in [-0.2, -0.15) is 8.42 Å². The summed E-state index contributed by atoms with van der Waals surface area (Å²) in [6.07, 6.45) is 28.1. The van der Waals surface area contributed by atoms with E-state index in [1.54, 1.807) is 0 Å². The summed E-state index contributed by atoms with van der Waals surface area (Å²) in [5.41, 5.74) is 0. The van der Waals surface area contributed by atoms with Gasteiger partial charge in [0.15, 0.2) is 0 Å². The molecule has 0 saturated heterocycles. The third-order valence-electron chi connectivity index (χ3n) is 7.83. The number of nitrogens with one attached hydrogen (secondary N) is 1. The summed E-state index contributed by atoms with van der Waals surface area (Å²) in [6.45, 7) is 4.44. The first-order chi connectivity index (χ1) is 19.7. The van der Waals surface area contributed by atoms with Crippen molar-refractivity contribution in [3.8, 4) is 0 Å². The molecule has 0 aromatic heterocycles. The first-order valence-corrected chi connectivity index (χ1v) is 18.6. The van der Waals surface area contributed by atoms with Gasteiger partial charge in [0.1, 0.15) is 6.10 Å². The fourth-order valence-corrected chi connectivity index (χ4v) is 5.92. The summed E-state index contributed by atoms with van der Waals surface area (Å²) in [6, 6.07) is -1.14. The Bertz CT molecular complexity index is 727. The van der Waals surface area contributed by atoms with E-state index in [4.69, 9.17) is 0 Å². The summed E-state index contributed by atoms with van der Waals surface area (Å²) in [5, 5.41) is 23.3. The Hall–Kier alpha value is -0.960. The Morgan fingerprint density at radius 3 is 1.46 bits per heavy atom. The average Bonchev–Trinajstić information content (AvgIpc) is 2.92. The maximum Gasteiger partial charge on any atom is 0.266 e. The van der Waals surface area contributed by atoms with Gasteiger partial charge in [-0.15, -0.1) is 0 Å². The van der Waals surface area contributed by atoms with Gasteiger partial charge in [0.05, 0.1) is 17.9 Å². The van der Waals surface area contributed by atoms with E-state index in [0.717, 1.165) is 51.4 Å². The Morgan fingerprint density at radius 2 is 1.02 bits per heavy atom. The normalized spacial score (nSPS) is 14.4. The van der Waals surface area contributed by atoms with Crippen molar-refractivity contribution >= 4 is 16.0 Å². The second-order valence-corrected chi connectivity index (χ2v) is 13.4. The van der Waals surface area contributed by atoms with Crippen LogP contribution in [0.3, 0.4) is 0 Å². The predicted octanol–water partition coefficient (Wildman–Crippen LogP) is 8.04. The van der Waals surface area contributed by atoms with Crippen molar-refractivity contribution in [2.75, 3.05) is 5.75 Å². The van der Waals surface area contributed by atoms with Crippen molar-refractivity contribution in [2.24, 2.45) is 0 Å². The molecule has 41 heavy (non-hydrogen) atoms. The molecular weight excluding hydrogens is 538 g/mol. The van der Waals surface area contributed by atoms with Gasteiger partial charge in [0.25, 0.3) is 10.1 Å². The van der Waals surface area contributed by atoms with Crippen LogP contribution in [0.25, 0.3) is 0 Å². The first kappa shape index (κ1) is 40.0. The molecule has 0 heterocycles. The van der Waals surface area contributed by atoms with E-state index in [9.17, 15) is 28.0 Å². The molecule has 0 fully saturated rings. The molecule has 7 nitrogen and oxygen atoms in total. The highest BCUT2D eigenvalue weighted by molar-refractivity contribution is 7.85. The van der Waals surface area contributed by atoms with Gasteiger partial charge in [-0.3, -0.25) is 9.35 Å². The second-order valence-electron chi connectivity index (χ2n) is 11.9. The van der Waals surface area contributed by atoms with Gasteiger partial charge in [-0.1, -0.05) is 142 Å². The van der Waals surface area contributed by atoms with Crippen molar-refractivity contribution in [3.63, 3.8) is 0 Å². The topological polar surface area (TPSA) is 124 Å². The molecule has 0 radical (unpaired) electrons. The second kappa shape index (κ2) is 27.8. The van der Waals surface area contributed by atoms with Crippen molar-refractivity contribution in [1.29, 1.82) is 0 Å². The number of allylic oxidation sites excluding steroid dienone is 2. The molecule has 0 spiro atoms. The fraction of sp³-hybridized carbons (Fsp3) is 0.909. The number of aliphatic hydroxyl groups excluding tert-OH is 2. The molecule has 0 aliphatic rings. The molecule has 0 aromatic carbocycles. The average molecular weight is 604 g/mol. The van der Waals surface area contributed by atoms with Gasteiger partial charge < -0.3 is 15.5 Å². The number of hydrogen-bond donors (Lipinski definition) is 4. The number of hydrogen-bond acceptors (Lipinski definition) is 5. The monoisotopic (exact) mass is 603 g/mol. The highest BCUT2D eigenvalue weighted by Crippen LogP contribution is 2.14. The molecule has 0 aliphatic heterocycles. The standard InChI is InChI=1S/C33H65NO6S/c1-3-5-7-9-11-13-14-15-16-17-18-20-22-24-26-28-32(36)33(37)34-30(29-41(38,39)40)31(35)27-25-23-21-19-12-10-8-6-4-2/h16-17,30-32,35-36H,3-15,18-29H2,1-2H3,(H,34,37)(H,38,39,40)/b17-16-. The van der Waals surface area contributed by atoms with Crippen LogP contribution in [0.15, 0.2) is 12.2 Å². The maximum absolute atomic E-state index is 12.5. The lowest BCUT2D eigenvalue weighted by atomic mass is 10.0. The molecule has 3 atom stereocenters. The van der Waals surface area contributed by atoms with Crippen LogP contribution in [0.4, 0.5) is 0 Å². The van der Waals surface area contributed by atoms with E-state index in [1.165, 1.54) is 77.0 Å². The largest absolute Gasteiger partial charge is 0.391 e. The molecule has 0 saturated carbocycles. The van der Waals surface area contributed by atoms with E-state index in [2.05, 4.69) is 31.3 Å². The minimum absolute atomic E-state index is 0.285. The number of unbranched alkanes of at least 4 members (excludes halogenated alkanes) is 19. The highest BCUT2D eigenvalue weighted by atomic mass is 32.2. The third kappa shape index (κ3) is 27.6. The van der Waals surface area contributed by atoms with Crippen LogP contribution >= 0.6 is 0 Å². The van der Waals surface area contributed by atoms with E-state index < -0.39 is 40.0 Å². The lowest BCUT2D eigenvalue weighted by molar-refractivity contribution is -0.131. The molecule has 0 aliphatic carbocycles. The van der Waals surface area contributed by atoms with Crippen molar-refractivity contribution < 1.29 is 28.0 Å². The summed E-state index contributed by atoms with van der Waals surface area (Å²) in [5.74, 6) is -1.46. The molecule has 3 unspecified atom stereocenters. The van der Waals surface area contributed by atoms with Crippen LogP contribution in [0.5, 0.6) is 0 Å². The zero-order valence-corrected chi connectivity index (χ0v) is 27.4. The van der Waals surface area contributed by atoms with E-state index in [0.29, 0.717) is 19.3 Å². The molecular formula is C33H65NO6S. The van der Waals surface area contributed by atoms with Crippen LogP contribution in [0.2, 0.25) is 0 Å². The Morgan fingerprint density at radius 1 is 0.634 bits per heavy atom. The number of carbonyl (C=O) groups excluding carboxylic acids is 1. The van der Waals surface area contributed by atoms with E-state index >= 15 is 0 Å². The summed E-state index contributed by atoms with van der Waals surface area (Å²) >= 11 is 0. The van der Waals surface area contributed by atoms with Crippen LogP contribution in [0, 0.1) is 0 Å². The van der Waals surface area contributed by atoms with Crippen LogP contribution in [-0.2, 0) is 14.9 Å². The Kier molecular flexibility index (Phi) is 27.2. The number of amides is 1. The molecule has 0 rings (SSSR count). The molecule has 244 valence electrons. The molecule has 4 N–H and O–H groups in total. The summed E-state index contributed by atoms with van der Waals surface area (Å²) in [7, 11) is -4.40. The van der Waals surface area contributed by atoms with Crippen molar-refractivity contribution in [2.45, 2.75) is 186 Å². The lowest BCUT2D eigenvalue weighted by Crippen LogP contribution is -2.50. The molecule has 0 aromatic rings. The van der Waals surface area contributed by atoms with Crippen molar-refractivity contribution in [1.82, 2.24) is 5.32 Å². The molecule has 8 heteroatoms. The third-order valence-corrected chi connectivity index (χ3v) is 8.61. The van der Waals surface area contributed by atoms with Crippen molar-refractivity contribution in [3.05, 3.63) is 12.2 Å². The Balaban J connectivity index is 4.09. The zero-order chi connectivity index (χ0) is 30.6. The van der Waals surface area contributed by atoms with Crippen LogP contribution < -0.4 is 5.32 Å². The predicted molar refractivity (Wildman–Crippen MR) is 172 cm³/mol. The highest BCUT2D eigenvalue weighted by Gasteiger charge is 2.28. The minimum Gasteiger partial charge on any atom is -0.391 e. The Labute approximate surface area is 253 Å². The summed E-state index contributed by atoms with van der Waals surface area (Å²) < 4.78 is 32.3. The number of rotatable bonds is 30. The van der Waals surface area contributed by atoms with E-state index in [-0.39, 0.29) is 6.42 Å². The quantitative estimate of drug-likeness (QED) is 0.0374. The van der Waals surface area contributed by atoms with Gasteiger partial charge in [-0.05, 0) is 38.5 Å². The van der Waals surface area contributed by atoms with Crippen LogP contribution in [-0.4, -0.2) is 53.1 Å². The first-order valence-electron chi connectivity index (χ1n) is 17.0. The van der Waals surface area contributed by atoms with Gasteiger partial charge in [0.2, 0.25) is 5.91 Å². The lowest BCUT2D eigenvalue weighted by Gasteiger charge is -2.24. The minimum atomic E-state index is -4.40. The SMILES string of the molecule is CCCCCCCCC/C=C\CCCCCCC(O)C(=O)NC(CS(=O)(=O)O)C(O)CCCCCCCCCCC. The van der Waals surface area contributed by atoms with Gasteiger partial charge >= 0.3 is 0 Å². The zero-order valence-electron chi connectivity index (χ0n) is 26.5. The molecule has 0 bridgehead atoms. The van der Waals surface area contributed by atoms with Crippen LogP contribution in [0.1, 0.15) is 168 Å². The summed E-state index contributed by atoms with van der Waals surface area (Å²) in [4.78, 5) is 12.5. The number of carbonyl (C=O) groups is 1. The van der Waals surface area contributed by atoms with E-state index in [1.807, 2.05) is 0 Å².